The Bertz CT molecular complexity index is 1110. The third-order valence-electron chi connectivity index (χ3n) is 4.54. The van der Waals surface area contributed by atoms with E-state index in [9.17, 15) is 8.42 Å². The van der Waals surface area contributed by atoms with E-state index in [1.54, 1.807) is 18.2 Å². The van der Waals surface area contributed by atoms with E-state index in [2.05, 4.69) is 10.0 Å². The molecule has 0 saturated heterocycles. The van der Waals surface area contributed by atoms with Gasteiger partial charge in [-0.2, -0.15) is 0 Å². The third-order valence-corrected chi connectivity index (χ3v) is 5.92. The Morgan fingerprint density at radius 1 is 0.821 bits per heavy atom. The van der Waals surface area contributed by atoms with Gasteiger partial charge in [0.05, 0.1) is 4.90 Å². The molecule has 1 aliphatic rings. The van der Waals surface area contributed by atoms with E-state index in [0.717, 1.165) is 22.5 Å². The molecule has 1 aliphatic heterocycles. The quantitative estimate of drug-likeness (QED) is 0.660. The fourth-order valence-electron chi connectivity index (χ4n) is 3.04. The summed E-state index contributed by atoms with van der Waals surface area (Å²) in [5.41, 5.74) is 4.70. The zero-order valence-corrected chi connectivity index (χ0v) is 16.3. The number of rotatable bonds is 5. The molecule has 6 nitrogen and oxygen atoms in total. The van der Waals surface area contributed by atoms with Gasteiger partial charge < -0.3 is 14.8 Å². The Labute approximate surface area is 164 Å². The van der Waals surface area contributed by atoms with Crippen LogP contribution in [0.3, 0.4) is 0 Å². The van der Waals surface area contributed by atoms with Crippen molar-refractivity contribution in [2.45, 2.75) is 18.7 Å². The molecule has 0 spiro atoms. The minimum absolute atomic E-state index is 0.0983. The maximum Gasteiger partial charge on any atom is 0.262 e. The number of hydrogen-bond donors (Lipinski definition) is 2. The van der Waals surface area contributed by atoms with Crippen LogP contribution in [0.4, 0.5) is 17.1 Å². The van der Waals surface area contributed by atoms with Crippen LogP contribution in [-0.2, 0) is 10.0 Å². The molecule has 144 valence electrons. The molecule has 0 atom stereocenters. The summed E-state index contributed by atoms with van der Waals surface area (Å²) in [5.74, 6) is 0.969. The van der Waals surface area contributed by atoms with Gasteiger partial charge in [-0.15, -0.1) is 0 Å². The largest absolute Gasteiger partial charge is 0.454 e. The van der Waals surface area contributed by atoms with Crippen molar-refractivity contribution in [3.63, 3.8) is 0 Å². The SMILES string of the molecule is Cc1cccc(C)c1Nc1ccc(NS(=O)(=O)c2ccc3c(c2)OCO3)cc1. The fraction of sp³-hybridized carbons (Fsp3) is 0.143. The van der Waals surface area contributed by atoms with Crippen molar-refractivity contribution in [1.82, 2.24) is 0 Å². The molecule has 2 N–H and O–H groups in total. The van der Waals surface area contributed by atoms with Crippen LogP contribution >= 0.6 is 0 Å². The first-order chi connectivity index (χ1) is 13.4. The predicted octanol–water partition coefficient (Wildman–Crippen LogP) is 4.58. The van der Waals surface area contributed by atoms with Crippen LogP contribution in [0.15, 0.2) is 65.6 Å². The molecule has 0 aliphatic carbocycles. The van der Waals surface area contributed by atoms with Crippen LogP contribution in [0.5, 0.6) is 11.5 Å². The second-order valence-corrected chi connectivity index (χ2v) is 8.27. The van der Waals surface area contributed by atoms with Gasteiger partial charge in [-0.25, -0.2) is 8.42 Å². The Morgan fingerprint density at radius 2 is 1.46 bits per heavy atom. The molecule has 0 radical (unpaired) electrons. The van der Waals surface area contributed by atoms with Crippen molar-refractivity contribution >= 4 is 27.1 Å². The van der Waals surface area contributed by atoms with Crippen LogP contribution in [0.1, 0.15) is 11.1 Å². The van der Waals surface area contributed by atoms with Gasteiger partial charge in [0.1, 0.15) is 0 Å². The number of anilines is 3. The number of benzene rings is 3. The van der Waals surface area contributed by atoms with Crippen LogP contribution in [0.2, 0.25) is 0 Å². The van der Waals surface area contributed by atoms with Gasteiger partial charge in [0.15, 0.2) is 11.5 Å². The van der Waals surface area contributed by atoms with Crippen LogP contribution in [0, 0.1) is 13.8 Å². The highest BCUT2D eigenvalue weighted by Crippen LogP contribution is 2.34. The second-order valence-electron chi connectivity index (χ2n) is 6.59. The highest BCUT2D eigenvalue weighted by molar-refractivity contribution is 7.92. The molecule has 0 fully saturated rings. The molecular weight excluding hydrogens is 376 g/mol. The highest BCUT2D eigenvalue weighted by atomic mass is 32.2. The van der Waals surface area contributed by atoms with Gasteiger partial charge in [-0.05, 0) is 61.4 Å². The van der Waals surface area contributed by atoms with Crippen molar-refractivity contribution in [3.8, 4) is 11.5 Å². The zero-order chi connectivity index (χ0) is 19.7. The van der Waals surface area contributed by atoms with E-state index in [-0.39, 0.29) is 11.7 Å². The van der Waals surface area contributed by atoms with Gasteiger partial charge in [-0.3, -0.25) is 4.72 Å². The summed E-state index contributed by atoms with van der Waals surface area (Å²) in [7, 11) is -3.73. The van der Waals surface area contributed by atoms with Gasteiger partial charge in [0, 0.05) is 23.1 Å². The van der Waals surface area contributed by atoms with Crippen LogP contribution in [-0.4, -0.2) is 15.2 Å². The minimum Gasteiger partial charge on any atom is -0.454 e. The molecule has 7 heteroatoms. The average Bonchev–Trinajstić information content (AvgIpc) is 3.14. The topological polar surface area (TPSA) is 76.7 Å². The number of nitrogens with one attached hydrogen (secondary N) is 2. The number of hydrogen-bond acceptors (Lipinski definition) is 5. The van der Waals surface area contributed by atoms with E-state index in [4.69, 9.17) is 9.47 Å². The number of aryl methyl sites for hydroxylation is 2. The van der Waals surface area contributed by atoms with E-state index in [1.165, 1.54) is 12.1 Å². The second kappa shape index (κ2) is 7.09. The van der Waals surface area contributed by atoms with E-state index >= 15 is 0 Å². The Hall–Kier alpha value is -3.19. The zero-order valence-electron chi connectivity index (χ0n) is 15.5. The smallest absolute Gasteiger partial charge is 0.262 e. The molecule has 4 rings (SSSR count). The first-order valence-corrected chi connectivity index (χ1v) is 10.3. The summed E-state index contributed by atoms with van der Waals surface area (Å²) >= 11 is 0. The maximum absolute atomic E-state index is 12.6. The Morgan fingerprint density at radius 3 is 2.18 bits per heavy atom. The molecule has 0 aromatic heterocycles. The molecule has 28 heavy (non-hydrogen) atoms. The Kier molecular flexibility index (Phi) is 4.60. The highest BCUT2D eigenvalue weighted by Gasteiger charge is 2.20. The van der Waals surface area contributed by atoms with Gasteiger partial charge in [-0.1, -0.05) is 18.2 Å². The summed E-state index contributed by atoms with van der Waals surface area (Å²) in [6, 6.07) is 17.8. The maximum atomic E-state index is 12.6. The summed E-state index contributed by atoms with van der Waals surface area (Å²) in [4.78, 5) is 0.120. The molecule has 1 heterocycles. The number of fused-ring (bicyclic) bond motifs is 1. The first-order valence-electron chi connectivity index (χ1n) is 8.78. The summed E-state index contributed by atoms with van der Waals surface area (Å²) in [6.07, 6.45) is 0. The lowest BCUT2D eigenvalue weighted by Crippen LogP contribution is -2.12. The molecule has 0 unspecified atom stereocenters. The number of sulfonamides is 1. The first kappa shape index (κ1) is 18.2. The monoisotopic (exact) mass is 396 g/mol. The van der Waals surface area contributed by atoms with E-state index in [1.807, 2.05) is 44.2 Å². The molecule has 3 aromatic rings. The van der Waals surface area contributed by atoms with Crippen LogP contribution < -0.4 is 19.5 Å². The van der Waals surface area contributed by atoms with Crippen LogP contribution in [0.25, 0.3) is 0 Å². The van der Waals surface area contributed by atoms with Crippen molar-refractivity contribution in [1.29, 1.82) is 0 Å². The van der Waals surface area contributed by atoms with Crippen molar-refractivity contribution in [2.24, 2.45) is 0 Å². The molecule has 3 aromatic carbocycles. The lowest BCUT2D eigenvalue weighted by Gasteiger charge is -2.13. The summed E-state index contributed by atoms with van der Waals surface area (Å²) in [6.45, 7) is 4.19. The summed E-state index contributed by atoms with van der Waals surface area (Å²) < 4.78 is 38.3. The third kappa shape index (κ3) is 3.61. The standard InChI is InChI=1S/C21H20N2O4S/c1-14-4-3-5-15(2)21(14)22-16-6-8-17(9-7-16)23-28(24,25)18-10-11-19-20(12-18)27-13-26-19/h3-12,22-23H,13H2,1-2H3. The number of ether oxygens (including phenoxy) is 2. The lowest BCUT2D eigenvalue weighted by molar-refractivity contribution is 0.174. The van der Waals surface area contributed by atoms with Gasteiger partial charge in [0.25, 0.3) is 10.0 Å². The molecule has 0 bridgehead atoms. The Balaban J connectivity index is 1.51. The van der Waals surface area contributed by atoms with Crippen molar-refractivity contribution in [3.05, 3.63) is 71.8 Å². The molecule has 0 amide bonds. The predicted molar refractivity (Wildman–Crippen MR) is 109 cm³/mol. The van der Waals surface area contributed by atoms with Gasteiger partial charge in [0.2, 0.25) is 6.79 Å². The normalized spacial score (nSPS) is 12.6. The van der Waals surface area contributed by atoms with Crippen molar-refractivity contribution in [2.75, 3.05) is 16.8 Å². The summed E-state index contributed by atoms with van der Waals surface area (Å²) in [5, 5.41) is 3.38. The minimum atomic E-state index is -3.73. The average molecular weight is 396 g/mol. The number of para-hydroxylation sites is 1. The van der Waals surface area contributed by atoms with Crippen molar-refractivity contribution < 1.29 is 17.9 Å². The molecule has 0 saturated carbocycles. The van der Waals surface area contributed by atoms with Gasteiger partial charge >= 0.3 is 0 Å². The van der Waals surface area contributed by atoms with E-state index < -0.39 is 10.0 Å². The lowest BCUT2D eigenvalue weighted by atomic mass is 10.1. The fourth-order valence-corrected chi connectivity index (χ4v) is 4.11. The molecular formula is C21H20N2O4S. The van der Waals surface area contributed by atoms with E-state index in [0.29, 0.717) is 17.2 Å².